The number of esters is 2. The molecule has 2 rings (SSSR count). The molecule has 0 aliphatic carbocycles. The number of hydrogen-bond acceptors (Lipinski definition) is 6. The van der Waals surface area contributed by atoms with Crippen molar-refractivity contribution >= 4 is 40.3 Å². The third-order valence-corrected chi connectivity index (χ3v) is 4.75. The molecule has 1 aliphatic rings. The summed E-state index contributed by atoms with van der Waals surface area (Å²) in [4.78, 5) is 36.9. The molecule has 1 aromatic heterocycles. The molecule has 1 N–H and O–H groups in total. The summed E-state index contributed by atoms with van der Waals surface area (Å²) in [5, 5.41) is 3.39. The molecule has 0 spiro atoms. The van der Waals surface area contributed by atoms with Gasteiger partial charge in [-0.15, -0.1) is 12.4 Å². The molecule has 1 aromatic rings. The molecule has 1 unspecified atom stereocenters. The van der Waals surface area contributed by atoms with Crippen LogP contribution < -0.4 is 10.7 Å². The summed E-state index contributed by atoms with van der Waals surface area (Å²) < 4.78 is 11.7. The van der Waals surface area contributed by atoms with Crippen LogP contribution in [-0.4, -0.2) is 42.3 Å². The lowest BCUT2D eigenvalue weighted by molar-refractivity contribution is 0.0495. The number of nitrogens with one attached hydrogen (secondary N) is 1. The van der Waals surface area contributed by atoms with E-state index in [1.165, 1.54) is 6.20 Å². The van der Waals surface area contributed by atoms with Crippen molar-refractivity contribution in [1.29, 1.82) is 0 Å². The van der Waals surface area contributed by atoms with E-state index in [-0.39, 0.29) is 47.4 Å². The first-order valence-electron chi connectivity index (χ1n) is 8.50. The first-order valence-corrected chi connectivity index (χ1v) is 9.29. The molecule has 1 atom stereocenters. The Morgan fingerprint density at radius 1 is 1.23 bits per heavy atom. The van der Waals surface area contributed by atoms with Crippen molar-refractivity contribution in [2.24, 2.45) is 0 Å². The molecule has 1 saturated heterocycles. The zero-order chi connectivity index (χ0) is 18.4. The van der Waals surface area contributed by atoms with Crippen molar-refractivity contribution in [2.75, 3.05) is 19.8 Å². The van der Waals surface area contributed by atoms with Gasteiger partial charge in [0.05, 0.1) is 17.7 Å². The van der Waals surface area contributed by atoms with Crippen LogP contribution in [0.1, 0.15) is 54.0 Å². The molecule has 146 valence electrons. The number of halogens is 2. The molecule has 0 radical (unpaired) electrons. The fourth-order valence-electron chi connectivity index (χ4n) is 2.85. The van der Waals surface area contributed by atoms with Gasteiger partial charge in [0.1, 0.15) is 11.3 Å². The molecular weight excluding hydrogens is 428 g/mol. The van der Waals surface area contributed by atoms with Gasteiger partial charge in [0.15, 0.2) is 0 Å². The third-order valence-electron chi connectivity index (χ3n) is 4.02. The Hall–Kier alpha value is -1.38. The standard InChI is InChI=1S/C17H23BrN2O5.ClH/c1-3-24-16(22)12-10-20(9-11-7-5-6-8-19-11)14(13(18)15(12)21)17(23)25-4-2;/h10-11,19H,3-9H2,1-2H3;1H. The number of pyridine rings is 1. The van der Waals surface area contributed by atoms with Gasteiger partial charge in [0.2, 0.25) is 5.43 Å². The topological polar surface area (TPSA) is 86.6 Å². The van der Waals surface area contributed by atoms with Crippen molar-refractivity contribution in [3.63, 3.8) is 0 Å². The van der Waals surface area contributed by atoms with Gasteiger partial charge in [0, 0.05) is 18.8 Å². The van der Waals surface area contributed by atoms with Crippen LogP contribution in [0.3, 0.4) is 0 Å². The van der Waals surface area contributed by atoms with E-state index in [1.54, 1.807) is 18.4 Å². The highest BCUT2D eigenvalue weighted by Gasteiger charge is 2.26. The number of aromatic nitrogens is 1. The van der Waals surface area contributed by atoms with Crippen molar-refractivity contribution in [3.8, 4) is 0 Å². The lowest BCUT2D eigenvalue weighted by atomic mass is 10.0. The van der Waals surface area contributed by atoms with Crippen molar-refractivity contribution in [1.82, 2.24) is 9.88 Å². The highest BCUT2D eigenvalue weighted by atomic mass is 79.9. The van der Waals surface area contributed by atoms with Gasteiger partial charge in [-0.1, -0.05) is 6.42 Å². The Morgan fingerprint density at radius 3 is 2.46 bits per heavy atom. The Kier molecular flexibility index (Phi) is 9.32. The second-order valence-corrected chi connectivity index (χ2v) is 6.57. The summed E-state index contributed by atoms with van der Waals surface area (Å²) in [5.74, 6) is -1.30. The number of hydrogen-bond donors (Lipinski definition) is 1. The van der Waals surface area contributed by atoms with E-state index in [9.17, 15) is 14.4 Å². The SMILES string of the molecule is CCOC(=O)c1cn(CC2CCCCN2)c(C(=O)OCC)c(Br)c1=O.Cl. The minimum atomic E-state index is -0.700. The predicted molar refractivity (Wildman–Crippen MR) is 103 cm³/mol. The Bertz CT molecular complexity index is 701. The molecule has 9 heteroatoms. The third kappa shape index (κ3) is 5.31. The lowest BCUT2D eigenvalue weighted by Gasteiger charge is -2.26. The number of carbonyl (C=O) groups is 2. The molecule has 0 aromatic carbocycles. The van der Waals surface area contributed by atoms with Crippen LogP contribution in [-0.2, 0) is 16.0 Å². The Morgan fingerprint density at radius 2 is 1.88 bits per heavy atom. The minimum Gasteiger partial charge on any atom is -0.462 e. The number of nitrogens with zero attached hydrogens (tertiary/aromatic N) is 1. The highest BCUT2D eigenvalue weighted by molar-refractivity contribution is 9.10. The molecule has 1 fully saturated rings. The van der Waals surface area contributed by atoms with E-state index in [2.05, 4.69) is 21.2 Å². The molecule has 0 amide bonds. The average Bonchev–Trinajstić information content (AvgIpc) is 2.59. The van der Waals surface area contributed by atoms with E-state index >= 15 is 0 Å². The number of rotatable bonds is 6. The van der Waals surface area contributed by atoms with E-state index in [0.717, 1.165) is 25.8 Å². The van der Waals surface area contributed by atoms with Crippen LogP contribution in [0.2, 0.25) is 0 Å². The summed E-state index contributed by atoms with van der Waals surface area (Å²) in [6.45, 7) is 5.10. The number of piperidine rings is 1. The molecule has 2 heterocycles. The predicted octanol–water partition coefficient (Wildman–Crippen LogP) is 2.53. The fourth-order valence-corrected chi connectivity index (χ4v) is 3.46. The summed E-state index contributed by atoms with van der Waals surface area (Å²) in [5.41, 5.74) is -0.556. The van der Waals surface area contributed by atoms with Crippen LogP contribution in [0, 0.1) is 0 Å². The average molecular weight is 452 g/mol. The van der Waals surface area contributed by atoms with E-state index in [4.69, 9.17) is 9.47 Å². The first kappa shape index (κ1) is 22.7. The molecule has 7 nitrogen and oxygen atoms in total. The minimum absolute atomic E-state index is 0. The molecule has 1 aliphatic heterocycles. The monoisotopic (exact) mass is 450 g/mol. The quantitative estimate of drug-likeness (QED) is 0.669. The van der Waals surface area contributed by atoms with Gasteiger partial charge in [-0.2, -0.15) is 0 Å². The molecule has 0 saturated carbocycles. The summed E-state index contributed by atoms with van der Waals surface area (Å²) in [6, 6.07) is 0.159. The van der Waals surface area contributed by atoms with Gasteiger partial charge >= 0.3 is 11.9 Å². The highest BCUT2D eigenvalue weighted by Crippen LogP contribution is 2.18. The molecular formula is C17H24BrClN2O5. The van der Waals surface area contributed by atoms with Crippen molar-refractivity contribution in [2.45, 2.75) is 45.7 Å². The largest absolute Gasteiger partial charge is 0.462 e. The van der Waals surface area contributed by atoms with E-state index < -0.39 is 17.4 Å². The maximum Gasteiger partial charge on any atom is 0.356 e. The maximum atomic E-state index is 12.5. The fraction of sp³-hybridized carbons (Fsp3) is 0.588. The van der Waals surface area contributed by atoms with E-state index in [0.29, 0.717) is 6.54 Å². The Balaban J connectivity index is 0.00000338. The van der Waals surface area contributed by atoms with Crippen molar-refractivity contribution in [3.05, 3.63) is 32.2 Å². The molecule has 26 heavy (non-hydrogen) atoms. The van der Waals surface area contributed by atoms with Crippen molar-refractivity contribution < 1.29 is 19.1 Å². The van der Waals surface area contributed by atoms with Crippen LogP contribution in [0.4, 0.5) is 0 Å². The van der Waals surface area contributed by atoms with Gasteiger partial charge in [-0.3, -0.25) is 4.79 Å². The normalized spacial score (nSPS) is 16.5. The van der Waals surface area contributed by atoms with Crippen LogP contribution in [0.15, 0.2) is 15.5 Å². The summed E-state index contributed by atoms with van der Waals surface area (Å²) in [6.07, 6.45) is 4.57. The van der Waals surface area contributed by atoms with Crippen LogP contribution in [0.25, 0.3) is 0 Å². The Labute approximate surface area is 167 Å². The summed E-state index contributed by atoms with van der Waals surface area (Å²) in [7, 11) is 0. The second kappa shape index (κ2) is 10.7. The smallest absolute Gasteiger partial charge is 0.356 e. The zero-order valence-corrected chi connectivity index (χ0v) is 17.3. The molecule has 0 bridgehead atoms. The van der Waals surface area contributed by atoms with Crippen LogP contribution >= 0.6 is 28.3 Å². The van der Waals surface area contributed by atoms with E-state index in [1.807, 2.05) is 0 Å². The van der Waals surface area contributed by atoms with Gasteiger partial charge in [-0.05, 0) is 49.2 Å². The summed E-state index contributed by atoms with van der Waals surface area (Å²) >= 11 is 3.17. The van der Waals surface area contributed by atoms with Crippen LogP contribution in [0.5, 0.6) is 0 Å². The number of carbonyl (C=O) groups excluding carboxylic acids is 2. The van der Waals surface area contributed by atoms with Gasteiger partial charge < -0.3 is 19.4 Å². The zero-order valence-electron chi connectivity index (χ0n) is 14.9. The maximum absolute atomic E-state index is 12.5. The van der Waals surface area contributed by atoms with Gasteiger partial charge in [0.25, 0.3) is 0 Å². The van der Waals surface area contributed by atoms with Gasteiger partial charge in [-0.25, -0.2) is 9.59 Å². The second-order valence-electron chi connectivity index (χ2n) is 5.77. The number of ether oxygens (including phenoxy) is 2. The first-order chi connectivity index (χ1) is 12.0. The lowest BCUT2D eigenvalue weighted by Crippen LogP contribution is -2.39.